The van der Waals surface area contributed by atoms with E-state index in [-0.39, 0.29) is 10.8 Å². The first-order chi connectivity index (χ1) is 10.2. The van der Waals surface area contributed by atoms with Gasteiger partial charge in [-0.15, -0.1) is 0 Å². The molecule has 2 aromatic carbocycles. The number of benzene rings is 2. The fourth-order valence-corrected chi connectivity index (χ4v) is 2.74. The van der Waals surface area contributed by atoms with Gasteiger partial charge in [-0.05, 0) is 34.6 Å². The molecule has 0 bridgehead atoms. The Morgan fingerprint density at radius 1 is 0.818 bits per heavy atom. The van der Waals surface area contributed by atoms with Gasteiger partial charge in [0.1, 0.15) is 0 Å². The maximum Gasteiger partial charge on any atom is 0.154 e. The number of para-hydroxylation sites is 2. The van der Waals surface area contributed by atoms with Crippen LogP contribution in [0.25, 0.3) is 0 Å². The van der Waals surface area contributed by atoms with Crippen LogP contribution in [0.2, 0.25) is 0 Å². The molecule has 22 heavy (non-hydrogen) atoms. The summed E-state index contributed by atoms with van der Waals surface area (Å²) in [5, 5.41) is 3.54. The van der Waals surface area contributed by atoms with E-state index in [9.17, 15) is 0 Å². The minimum absolute atomic E-state index is 0.0271. The highest BCUT2D eigenvalue weighted by molar-refractivity contribution is 5.78. The van der Waals surface area contributed by atoms with Gasteiger partial charge in [0.2, 0.25) is 0 Å². The predicted molar refractivity (Wildman–Crippen MR) is 93.6 cm³/mol. The molecule has 0 spiro atoms. The lowest BCUT2D eigenvalue weighted by molar-refractivity contribution is 0.452. The zero-order valence-electron chi connectivity index (χ0n) is 14.4. The van der Waals surface area contributed by atoms with E-state index in [1.54, 1.807) is 0 Å². The monoisotopic (exact) mass is 295 g/mol. The molecule has 1 aliphatic heterocycles. The van der Waals surface area contributed by atoms with Crippen LogP contribution < -0.4 is 10.1 Å². The van der Waals surface area contributed by atoms with Crippen LogP contribution in [0.1, 0.15) is 52.7 Å². The van der Waals surface area contributed by atoms with Gasteiger partial charge in [-0.3, -0.25) is 0 Å². The van der Waals surface area contributed by atoms with E-state index in [2.05, 4.69) is 65.1 Å². The first kappa shape index (κ1) is 15.0. The lowest BCUT2D eigenvalue weighted by Gasteiger charge is -2.32. The van der Waals surface area contributed by atoms with Crippen molar-refractivity contribution >= 4 is 11.4 Å². The molecule has 3 rings (SSSR count). The van der Waals surface area contributed by atoms with Crippen LogP contribution in [0.3, 0.4) is 0 Å². The van der Waals surface area contributed by atoms with Crippen LogP contribution in [0.4, 0.5) is 11.4 Å². The molecule has 0 atom stereocenters. The van der Waals surface area contributed by atoms with Crippen LogP contribution in [0.15, 0.2) is 36.4 Å². The van der Waals surface area contributed by atoms with Crippen molar-refractivity contribution in [2.24, 2.45) is 0 Å². The van der Waals surface area contributed by atoms with Crippen LogP contribution in [-0.4, -0.2) is 0 Å². The molecule has 0 unspecified atom stereocenters. The van der Waals surface area contributed by atoms with Gasteiger partial charge in [-0.1, -0.05) is 59.7 Å². The predicted octanol–water partition coefficient (Wildman–Crippen LogP) is 6.13. The van der Waals surface area contributed by atoms with Gasteiger partial charge < -0.3 is 10.1 Å². The smallest absolute Gasteiger partial charge is 0.154 e. The Balaban J connectivity index is 2.21. The van der Waals surface area contributed by atoms with Crippen LogP contribution in [0, 0.1) is 0 Å². The second-order valence-electron chi connectivity index (χ2n) is 8.12. The molecule has 0 saturated heterocycles. The zero-order chi connectivity index (χ0) is 16.1. The van der Waals surface area contributed by atoms with Gasteiger partial charge in [0.05, 0.1) is 11.4 Å². The molecule has 0 fully saturated rings. The van der Waals surface area contributed by atoms with Crippen molar-refractivity contribution in [3.05, 3.63) is 47.5 Å². The number of fused-ring (bicyclic) bond motifs is 2. The Hall–Kier alpha value is -1.96. The largest absolute Gasteiger partial charge is 0.453 e. The van der Waals surface area contributed by atoms with Crippen molar-refractivity contribution in [2.45, 2.75) is 52.4 Å². The second kappa shape index (κ2) is 4.77. The van der Waals surface area contributed by atoms with Gasteiger partial charge in [-0.2, -0.15) is 0 Å². The summed E-state index contributed by atoms with van der Waals surface area (Å²) in [5.41, 5.74) is 4.80. The van der Waals surface area contributed by atoms with Gasteiger partial charge >= 0.3 is 0 Å². The van der Waals surface area contributed by atoms with Gasteiger partial charge in [0, 0.05) is 5.56 Å². The van der Waals surface area contributed by atoms with Crippen molar-refractivity contribution in [1.82, 2.24) is 0 Å². The Morgan fingerprint density at radius 3 is 2.14 bits per heavy atom. The van der Waals surface area contributed by atoms with E-state index < -0.39 is 0 Å². The lowest BCUT2D eigenvalue weighted by atomic mass is 9.79. The molecule has 0 amide bonds. The van der Waals surface area contributed by atoms with E-state index in [0.29, 0.717) is 0 Å². The van der Waals surface area contributed by atoms with Crippen LogP contribution >= 0.6 is 0 Å². The average molecular weight is 295 g/mol. The number of anilines is 2. The number of ether oxygens (including phenoxy) is 1. The molecular weight excluding hydrogens is 270 g/mol. The number of hydrogen-bond donors (Lipinski definition) is 1. The van der Waals surface area contributed by atoms with Crippen molar-refractivity contribution < 1.29 is 4.74 Å². The summed E-state index contributed by atoms with van der Waals surface area (Å²) in [5.74, 6) is 1.85. The molecule has 0 radical (unpaired) electrons. The third kappa shape index (κ3) is 2.58. The maximum absolute atomic E-state index is 6.24. The van der Waals surface area contributed by atoms with E-state index in [0.717, 1.165) is 22.9 Å². The van der Waals surface area contributed by atoms with Gasteiger partial charge in [0.15, 0.2) is 11.5 Å². The van der Waals surface area contributed by atoms with Crippen molar-refractivity contribution in [3.63, 3.8) is 0 Å². The fourth-order valence-electron chi connectivity index (χ4n) is 2.74. The van der Waals surface area contributed by atoms with E-state index in [1.165, 1.54) is 11.1 Å². The molecule has 0 aliphatic carbocycles. The van der Waals surface area contributed by atoms with E-state index in [4.69, 9.17) is 4.74 Å². The standard InChI is InChI=1S/C20H25NO/c1-19(2,3)13-11-14(20(4,5)6)18-16(12-13)21-15-9-7-8-10-17(15)22-18/h7-12,21H,1-6H3. The zero-order valence-corrected chi connectivity index (χ0v) is 14.4. The highest BCUT2D eigenvalue weighted by Crippen LogP contribution is 2.48. The molecule has 0 aromatic heterocycles. The molecule has 1 aliphatic rings. The summed E-state index contributed by atoms with van der Waals surface area (Å²) in [4.78, 5) is 0. The summed E-state index contributed by atoms with van der Waals surface area (Å²) in [7, 11) is 0. The second-order valence-corrected chi connectivity index (χ2v) is 8.12. The molecular formula is C20H25NO. The molecule has 2 heteroatoms. The topological polar surface area (TPSA) is 21.3 Å². The van der Waals surface area contributed by atoms with Crippen molar-refractivity contribution in [2.75, 3.05) is 5.32 Å². The fraction of sp³-hybridized carbons (Fsp3) is 0.400. The SMILES string of the molecule is CC(C)(C)c1cc2c(c(C(C)(C)C)c1)Oc1ccccc1N2. The molecule has 1 N–H and O–H groups in total. The third-order valence-corrected chi connectivity index (χ3v) is 4.13. The van der Waals surface area contributed by atoms with Crippen molar-refractivity contribution in [3.8, 4) is 11.5 Å². The summed E-state index contributed by atoms with van der Waals surface area (Å²) in [6.45, 7) is 13.5. The Kier molecular flexibility index (Phi) is 3.24. The average Bonchev–Trinajstić information content (AvgIpc) is 2.41. The van der Waals surface area contributed by atoms with E-state index in [1.807, 2.05) is 18.2 Å². The van der Waals surface area contributed by atoms with Crippen molar-refractivity contribution in [1.29, 1.82) is 0 Å². The number of nitrogens with one attached hydrogen (secondary N) is 1. The number of rotatable bonds is 0. The lowest BCUT2D eigenvalue weighted by Crippen LogP contribution is -2.19. The normalized spacial score (nSPS) is 13.7. The Labute approximate surface area is 133 Å². The molecule has 2 nitrogen and oxygen atoms in total. The quantitative estimate of drug-likeness (QED) is 0.538. The van der Waals surface area contributed by atoms with Gasteiger partial charge in [-0.25, -0.2) is 0 Å². The molecule has 0 saturated carbocycles. The maximum atomic E-state index is 6.24. The Morgan fingerprint density at radius 2 is 1.50 bits per heavy atom. The minimum atomic E-state index is 0.0271. The summed E-state index contributed by atoms with van der Waals surface area (Å²) in [6, 6.07) is 12.6. The summed E-state index contributed by atoms with van der Waals surface area (Å²) < 4.78 is 6.24. The highest BCUT2D eigenvalue weighted by Gasteiger charge is 2.28. The minimum Gasteiger partial charge on any atom is -0.453 e. The summed E-state index contributed by atoms with van der Waals surface area (Å²) in [6.07, 6.45) is 0. The highest BCUT2D eigenvalue weighted by atomic mass is 16.5. The molecule has 1 heterocycles. The summed E-state index contributed by atoms with van der Waals surface area (Å²) >= 11 is 0. The first-order valence-corrected chi connectivity index (χ1v) is 7.89. The third-order valence-electron chi connectivity index (χ3n) is 4.13. The van der Waals surface area contributed by atoms with E-state index >= 15 is 0 Å². The number of hydrogen-bond acceptors (Lipinski definition) is 2. The first-order valence-electron chi connectivity index (χ1n) is 7.89. The molecule has 2 aromatic rings. The van der Waals surface area contributed by atoms with Gasteiger partial charge in [0.25, 0.3) is 0 Å². The van der Waals surface area contributed by atoms with Crippen LogP contribution in [0.5, 0.6) is 11.5 Å². The van der Waals surface area contributed by atoms with Crippen LogP contribution in [-0.2, 0) is 10.8 Å². The molecule has 116 valence electrons. The Bertz CT molecular complexity index is 717.